The van der Waals surface area contributed by atoms with Gasteiger partial charge in [0.25, 0.3) is 0 Å². The molecule has 0 fully saturated rings. The summed E-state index contributed by atoms with van der Waals surface area (Å²) in [6.07, 6.45) is 0. The highest BCUT2D eigenvalue weighted by molar-refractivity contribution is 7.98. The van der Waals surface area contributed by atoms with Gasteiger partial charge in [0.05, 0.1) is 0 Å². The number of rotatable bonds is 6. The van der Waals surface area contributed by atoms with Gasteiger partial charge < -0.3 is 14.6 Å². The summed E-state index contributed by atoms with van der Waals surface area (Å²) in [6, 6.07) is 24.0. The normalized spacial score (nSPS) is 15.5. The standard InChI is InChI=1S/C22H20O3S/c23-22-21-18(15-26-22)11-19(24-13-16-7-3-1-4-8-16)12-20(21)25-14-17-9-5-2-6-10-17/h1-12,22-23H,13-15H2. The zero-order valence-corrected chi connectivity index (χ0v) is 15.1. The van der Waals surface area contributed by atoms with Gasteiger partial charge in [-0.25, -0.2) is 0 Å². The topological polar surface area (TPSA) is 38.7 Å². The first-order valence-electron chi connectivity index (χ1n) is 8.59. The van der Waals surface area contributed by atoms with Gasteiger partial charge in [0.15, 0.2) is 0 Å². The van der Waals surface area contributed by atoms with Crippen molar-refractivity contribution in [3.05, 3.63) is 95.1 Å². The SMILES string of the molecule is OC1SCc2cc(OCc3ccccc3)cc(OCc3ccccc3)c21. The summed E-state index contributed by atoms with van der Waals surface area (Å²) in [5, 5.41) is 10.3. The molecule has 0 saturated carbocycles. The molecule has 1 N–H and O–H groups in total. The predicted molar refractivity (Wildman–Crippen MR) is 104 cm³/mol. The summed E-state index contributed by atoms with van der Waals surface area (Å²) in [7, 11) is 0. The Hall–Kier alpha value is -2.43. The molecule has 0 aromatic heterocycles. The number of thioether (sulfide) groups is 1. The van der Waals surface area contributed by atoms with Gasteiger partial charge in [0, 0.05) is 17.4 Å². The molecule has 1 aliphatic heterocycles. The first kappa shape index (κ1) is 17.0. The summed E-state index contributed by atoms with van der Waals surface area (Å²) >= 11 is 1.51. The molecule has 0 amide bonds. The van der Waals surface area contributed by atoms with Gasteiger partial charge in [-0.3, -0.25) is 0 Å². The van der Waals surface area contributed by atoms with Crippen LogP contribution in [-0.4, -0.2) is 5.11 Å². The number of hydrogen-bond acceptors (Lipinski definition) is 4. The third kappa shape index (κ3) is 3.87. The molecule has 1 heterocycles. The molecule has 4 rings (SSSR count). The van der Waals surface area contributed by atoms with Crippen molar-refractivity contribution in [2.45, 2.75) is 24.4 Å². The molecule has 3 nitrogen and oxygen atoms in total. The summed E-state index contributed by atoms with van der Waals surface area (Å²) in [6.45, 7) is 0.972. The molecule has 1 unspecified atom stereocenters. The second kappa shape index (κ2) is 7.85. The van der Waals surface area contributed by atoms with Crippen LogP contribution in [0, 0.1) is 0 Å². The summed E-state index contributed by atoms with van der Waals surface area (Å²) in [4.78, 5) is 0. The van der Waals surface area contributed by atoms with Crippen molar-refractivity contribution >= 4 is 11.8 Å². The molecule has 132 valence electrons. The number of aliphatic hydroxyl groups is 1. The van der Waals surface area contributed by atoms with Crippen molar-refractivity contribution in [3.8, 4) is 11.5 Å². The minimum atomic E-state index is -0.543. The lowest BCUT2D eigenvalue weighted by Gasteiger charge is -2.15. The van der Waals surface area contributed by atoms with E-state index < -0.39 is 5.44 Å². The lowest BCUT2D eigenvalue weighted by atomic mass is 10.1. The van der Waals surface area contributed by atoms with Crippen molar-refractivity contribution in [3.63, 3.8) is 0 Å². The van der Waals surface area contributed by atoms with Crippen molar-refractivity contribution in [2.24, 2.45) is 0 Å². The molecular formula is C22H20O3S. The van der Waals surface area contributed by atoms with Gasteiger partial charge in [-0.2, -0.15) is 0 Å². The second-order valence-corrected chi connectivity index (χ2v) is 7.27. The van der Waals surface area contributed by atoms with Crippen LogP contribution in [0.5, 0.6) is 11.5 Å². The minimum absolute atomic E-state index is 0.465. The Balaban J connectivity index is 1.54. The molecule has 3 aromatic rings. The molecule has 0 saturated heterocycles. The van der Waals surface area contributed by atoms with E-state index in [-0.39, 0.29) is 0 Å². The van der Waals surface area contributed by atoms with E-state index in [4.69, 9.17) is 9.47 Å². The highest BCUT2D eigenvalue weighted by Crippen LogP contribution is 2.46. The maximum absolute atomic E-state index is 10.3. The second-order valence-electron chi connectivity index (χ2n) is 6.21. The molecule has 1 atom stereocenters. The quantitative estimate of drug-likeness (QED) is 0.662. The average Bonchev–Trinajstić information content (AvgIpc) is 3.07. The molecule has 0 spiro atoms. The van der Waals surface area contributed by atoms with Crippen LogP contribution in [0.15, 0.2) is 72.8 Å². The predicted octanol–water partition coefficient (Wildman–Crippen LogP) is 5.08. The van der Waals surface area contributed by atoms with E-state index >= 15 is 0 Å². The van der Waals surface area contributed by atoms with Gasteiger partial charge in [-0.15, -0.1) is 11.8 Å². The largest absolute Gasteiger partial charge is 0.489 e. The van der Waals surface area contributed by atoms with E-state index in [0.29, 0.717) is 19.0 Å². The van der Waals surface area contributed by atoms with Crippen LogP contribution in [-0.2, 0) is 19.0 Å². The number of benzene rings is 3. The van der Waals surface area contributed by atoms with Crippen LogP contribution in [0.2, 0.25) is 0 Å². The lowest BCUT2D eigenvalue weighted by Crippen LogP contribution is -2.02. The Morgan fingerprint density at radius 2 is 1.46 bits per heavy atom. The Morgan fingerprint density at radius 3 is 2.12 bits per heavy atom. The zero-order chi connectivity index (χ0) is 17.8. The van der Waals surface area contributed by atoms with E-state index in [1.54, 1.807) is 0 Å². The molecule has 0 bridgehead atoms. The van der Waals surface area contributed by atoms with E-state index in [1.807, 2.05) is 72.8 Å². The molecule has 0 aliphatic carbocycles. The summed E-state index contributed by atoms with van der Waals surface area (Å²) < 4.78 is 12.0. The number of hydrogen-bond donors (Lipinski definition) is 1. The Kier molecular flexibility index (Phi) is 5.14. The van der Waals surface area contributed by atoms with Crippen molar-refractivity contribution in [1.29, 1.82) is 0 Å². The maximum atomic E-state index is 10.3. The first-order valence-corrected chi connectivity index (χ1v) is 9.64. The first-order chi connectivity index (χ1) is 12.8. The monoisotopic (exact) mass is 364 g/mol. The van der Waals surface area contributed by atoms with Gasteiger partial charge in [-0.1, -0.05) is 60.7 Å². The van der Waals surface area contributed by atoms with Crippen molar-refractivity contribution in [1.82, 2.24) is 0 Å². The smallest absolute Gasteiger partial charge is 0.130 e. The molecule has 0 radical (unpaired) electrons. The van der Waals surface area contributed by atoms with E-state index in [2.05, 4.69) is 0 Å². The van der Waals surface area contributed by atoms with E-state index in [9.17, 15) is 5.11 Å². The fourth-order valence-electron chi connectivity index (χ4n) is 2.99. The summed E-state index contributed by atoms with van der Waals surface area (Å²) in [5.41, 5.74) is 3.62. The molecule has 26 heavy (non-hydrogen) atoms. The Labute approximate surface area is 157 Å². The third-order valence-corrected chi connectivity index (χ3v) is 5.36. The third-order valence-electron chi connectivity index (χ3n) is 4.33. The lowest BCUT2D eigenvalue weighted by molar-refractivity contribution is 0.250. The van der Waals surface area contributed by atoms with Gasteiger partial charge in [-0.05, 0) is 22.8 Å². The molecule has 1 aliphatic rings. The fourth-order valence-corrected chi connectivity index (χ4v) is 4.00. The van der Waals surface area contributed by atoms with Crippen LogP contribution >= 0.6 is 11.8 Å². The van der Waals surface area contributed by atoms with Gasteiger partial charge in [0.2, 0.25) is 0 Å². The Morgan fingerprint density at radius 1 is 0.846 bits per heavy atom. The molecule has 4 heteroatoms. The van der Waals surface area contributed by atoms with Gasteiger partial charge in [0.1, 0.15) is 30.1 Å². The average molecular weight is 364 g/mol. The molecular weight excluding hydrogens is 344 g/mol. The molecule has 3 aromatic carbocycles. The zero-order valence-electron chi connectivity index (χ0n) is 14.3. The minimum Gasteiger partial charge on any atom is -0.489 e. The maximum Gasteiger partial charge on any atom is 0.130 e. The van der Waals surface area contributed by atoms with Crippen LogP contribution in [0.3, 0.4) is 0 Å². The van der Waals surface area contributed by atoms with Crippen molar-refractivity contribution < 1.29 is 14.6 Å². The van der Waals surface area contributed by atoms with Crippen LogP contribution in [0.1, 0.15) is 27.7 Å². The summed E-state index contributed by atoms with van der Waals surface area (Å²) in [5.74, 6) is 2.23. The van der Waals surface area contributed by atoms with Crippen LogP contribution < -0.4 is 9.47 Å². The van der Waals surface area contributed by atoms with Crippen LogP contribution in [0.4, 0.5) is 0 Å². The highest BCUT2D eigenvalue weighted by atomic mass is 32.2. The van der Waals surface area contributed by atoms with E-state index in [1.165, 1.54) is 11.8 Å². The number of fused-ring (bicyclic) bond motifs is 1. The number of aliphatic hydroxyl groups excluding tert-OH is 1. The highest BCUT2D eigenvalue weighted by Gasteiger charge is 2.26. The fraction of sp³-hybridized carbons (Fsp3) is 0.182. The van der Waals surface area contributed by atoms with Gasteiger partial charge >= 0.3 is 0 Å². The van der Waals surface area contributed by atoms with E-state index in [0.717, 1.165) is 33.8 Å². The Bertz CT molecular complexity index is 865. The van der Waals surface area contributed by atoms with Crippen molar-refractivity contribution in [2.75, 3.05) is 0 Å². The van der Waals surface area contributed by atoms with Crippen LogP contribution in [0.25, 0.3) is 0 Å². The number of ether oxygens (including phenoxy) is 2.